The number of aromatic amines is 1. The van der Waals surface area contributed by atoms with E-state index in [0.717, 1.165) is 21.6 Å². The lowest BCUT2D eigenvalue weighted by atomic mass is 10.1. The number of H-pyrrole nitrogens is 1. The van der Waals surface area contributed by atoms with Crippen molar-refractivity contribution in [3.05, 3.63) is 18.2 Å². The molecule has 5 rings (SSSR count). The number of hydrogen-bond acceptors (Lipinski definition) is 13. The molecule has 1 aromatic heterocycles. The number of primary amides is 2. The van der Waals surface area contributed by atoms with E-state index < -0.39 is 108 Å². The average molecular weight is 877 g/mol. The molecule has 4 aliphatic heterocycles. The van der Waals surface area contributed by atoms with Gasteiger partial charge in [-0.15, -0.1) is 0 Å². The molecule has 328 valence electrons. The maximum absolute atomic E-state index is 14.3. The van der Waals surface area contributed by atoms with Crippen LogP contribution in [-0.4, -0.2) is 164 Å². The standard InChI is InChI=1S/C36H52N12O10S2/c1-19(49)42-24-17-60-59-16-23(30(38)52)45-34(56)26-6-3-12-48(26)36(58)27-7-4-10-46(27)29(51)15-40-31(53)21(8-9-28(37)50)43-33(55)25-5-2-11-47(25)35(57)22(44-32(24)54)13-20-14-39-18-41-20/h14,18,21-27H,2-13,15-17H2,1H3,(H2,37,50)(H2,38,52)(H,39,41)(H,40,53)(H,42,49)(H,43,55)(H,44,54)(H,45,56)/t21-,22-,23-,24-,25-,26-,27-/m0/s1. The van der Waals surface area contributed by atoms with Crippen molar-refractivity contribution < 1.29 is 47.9 Å². The normalized spacial score (nSPS) is 28.2. The number of carbonyl (C=O) groups excluding carboxylic acids is 10. The summed E-state index contributed by atoms with van der Waals surface area (Å²) in [6.45, 7) is 1.25. The number of carbonyl (C=O) groups is 10. The zero-order chi connectivity index (χ0) is 43.5. The van der Waals surface area contributed by atoms with Gasteiger partial charge in [-0.25, -0.2) is 4.98 Å². The van der Waals surface area contributed by atoms with Crippen LogP contribution in [0.1, 0.15) is 64.0 Å². The molecule has 22 nitrogen and oxygen atoms in total. The second kappa shape index (κ2) is 21.2. The number of nitrogens with one attached hydrogen (secondary N) is 6. The topological polar surface area (TPSA) is 321 Å². The van der Waals surface area contributed by atoms with E-state index in [0.29, 0.717) is 37.8 Å². The fourth-order valence-electron chi connectivity index (χ4n) is 7.74. The zero-order valence-corrected chi connectivity index (χ0v) is 34.8. The molecule has 0 spiro atoms. The molecule has 0 bridgehead atoms. The first-order valence-corrected chi connectivity index (χ1v) is 22.3. The monoisotopic (exact) mass is 876 g/mol. The van der Waals surface area contributed by atoms with Crippen LogP contribution >= 0.6 is 21.6 Å². The van der Waals surface area contributed by atoms with Crippen LogP contribution in [0.3, 0.4) is 0 Å². The van der Waals surface area contributed by atoms with Crippen molar-refractivity contribution in [2.75, 3.05) is 37.7 Å². The molecule has 60 heavy (non-hydrogen) atoms. The van der Waals surface area contributed by atoms with Gasteiger partial charge in [-0.2, -0.15) is 0 Å². The van der Waals surface area contributed by atoms with Crippen LogP contribution in [0.5, 0.6) is 0 Å². The number of hydrogen-bond donors (Lipinski definition) is 8. The summed E-state index contributed by atoms with van der Waals surface area (Å²) < 4.78 is 0. The van der Waals surface area contributed by atoms with E-state index in [1.54, 1.807) is 0 Å². The summed E-state index contributed by atoms with van der Waals surface area (Å²) in [5, 5.41) is 13.1. The van der Waals surface area contributed by atoms with Gasteiger partial charge in [-0.3, -0.25) is 47.9 Å². The van der Waals surface area contributed by atoms with Crippen LogP contribution < -0.4 is 38.1 Å². The number of nitrogens with zero attached hydrogens (tertiary/aromatic N) is 4. The summed E-state index contributed by atoms with van der Waals surface area (Å²) >= 11 is 0. The van der Waals surface area contributed by atoms with E-state index in [2.05, 4.69) is 36.6 Å². The van der Waals surface area contributed by atoms with E-state index in [9.17, 15) is 47.9 Å². The highest BCUT2D eigenvalue weighted by Gasteiger charge is 2.44. The largest absolute Gasteiger partial charge is 0.370 e. The van der Waals surface area contributed by atoms with E-state index in [-0.39, 0.29) is 56.8 Å². The van der Waals surface area contributed by atoms with Gasteiger partial charge >= 0.3 is 0 Å². The van der Waals surface area contributed by atoms with Crippen LogP contribution in [0.15, 0.2) is 12.5 Å². The van der Waals surface area contributed by atoms with Crippen molar-refractivity contribution in [3.8, 4) is 0 Å². The molecule has 1 aromatic rings. The molecule has 4 saturated heterocycles. The molecular weight excluding hydrogens is 825 g/mol. The fourth-order valence-corrected chi connectivity index (χ4v) is 10.1. The van der Waals surface area contributed by atoms with Gasteiger partial charge in [0.25, 0.3) is 0 Å². The third kappa shape index (κ3) is 11.9. The molecule has 0 radical (unpaired) electrons. The molecule has 0 saturated carbocycles. The lowest BCUT2D eigenvalue weighted by molar-refractivity contribution is -0.146. The lowest BCUT2D eigenvalue weighted by Crippen LogP contribution is -2.59. The van der Waals surface area contributed by atoms with E-state index >= 15 is 0 Å². The first-order valence-electron chi connectivity index (χ1n) is 19.8. The minimum Gasteiger partial charge on any atom is -0.370 e. The van der Waals surface area contributed by atoms with Crippen molar-refractivity contribution >= 4 is 80.7 Å². The fraction of sp³-hybridized carbons (Fsp3) is 0.639. The Labute approximate surface area is 353 Å². The van der Waals surface area contributed by atoms with Gasteiger partial charge < -0.3 is 57.7 Å². The maximum Gasteiger partial charge on any atom is 0.246 e. The maximum atomic E-state index is 14.3. The predicted molar refractivity (Wildman–Crippen MR) is 215 cm³/mol. The zero-order valence-electron chi connectivity index (χ0n) is 33.1. The van der Waals surface area contributed by atoms with Crippen LogP contribution in [0.4, 0.5) is 0 Å². The molecule has 5 heterocycles. The van der Waals surface area contributed by atoms with Gasteiger partial charge in [-0.1, -0.05) is 21.6 Å². The number of amides is 10. The molecular formula is C36H52N12O10S2. The van der Waals surface area contributed by atoms with Gasteiger partial charge in [0, 0.05) is 62.8 Å². The van der Waals surface area contributed by atoms with Crippen molar-refractivity contribution in [2.24, 2.45) is 11.5 Å². The van der Waals surface area contributed by atoms with Gasteiger partial charge in [0.05, 0.1) is 12.9 Å². The number of fused-ring (bicyclic) bond motifs is 3. The molecule has 7 atom stereocenters. The van der Waals surface area contributed by atoms with Gasteiger partial charge in [0.2, 0.25) is 59.1 Å². The lowest BCUT2D eigenvalue weighted by Gasteiger charge is -2.32. The molecule has 24 heteroatoms. The summed E-state index contributed by atoms with van der Waals surface area (Å²) in [6, 6.07) is -7.85. The van der Waals surface area contributed by atoms with E-state index in [4.69, 9.17) is 11.5 Å². The Morgan fingerprint density at radius 3 is 1.98 bits per heavy atom. The van der Waals surface area contributed by atoms with Gasteiger partial charge in [0.1, 0.15) is 42.3 Å². The summed E-state index contributed by atoms with van der Waals surface area (Å²) in [6.07, 6.45) is 4.49. The third-order valence-electron chi connectivity index (χ3n) is 10.8. The number of imidazole rings is 1. The number of aromatic nitrogens is 2. The number of nitrogens with two attached hydrogens (primary N) is 2. The van der Waals surface area contributed by atoms with Crippen molar-refractivity contribution in [3.63, 3.8) is 0 Å². The average Bonchev–Trinajstić information content (AvgIpc) is 4.05. The molecule has 10 amide bonds. The smallest absolute Gasteiger partial charge is 0.246 e. The Hall–Kier alpha value is -5.39. The van der Waals surface area contributed by atoms with Crippen LogP contribution in [0.2, 0.25) is 0 Å². The quantitative estimate of drug-likeness (QED) is 0.122. The Morgan fingerprint density at radius 1 is 0.767 bits per heavy atom. The highest BCUT2D eigenvalue weighted by atomic mass is 33.1. The molecule has 4 aliphatic rings. The van der Waals surface area contributed by atoms with Crippen LogP contribution in [0, 0.1) is 0 Å². The predicted octanol–water partition coefficient (Wildman–Crippen LogP) is -3.85. The van der Waals surface area contributed by atoms with Crippen LogP contribution in [0.25, 0.3) is 0 Å². The molecule has 10 N–H and O–H groups in total. The highest BCUT2D eigenvalue weighted by molar-refractivity contribution is 8.76. The molecule has 4 fully saturated rings. The van der Waals surface area contributed by atoms with E-state index in [1.165, 1.54) is 34.1 Å². The Bertz CT molecular complexity index is 1820. The first-order chi connectivity index (χ1) is 28.6. The molecule has 0 unspecified atom stereocenters. The Kier molecular flexibility index (Phi) is 16.2. The molecule has 0 aromatic carbocycles. The summed E-state index contributed by atoms with van der Waals surface area (Å²) in [5.41, 5.74) is 11.5. The molecule has 0 aliphatic carbocycles. The van der Waals surface area contributed by atoms with E-state index in [1.807, 2.05) is 0 Å². The Balaban J connectivity index is 1.43. The van der Waals surface area contributed by atoms with Crippen molar-refractivity contribution in [2.45, 2.75) is 107 Å². The highest BCUT2D eigenvalue weighted by Crippen LogP contribution is 2.27. The first kappa shape index (κ1) is 45.7. The summed E-state index contributed by atoms with van der Waals surface area (Å²) in [5.74, 6) is -6.68. The summed E-state index contributed by atoms with van der Waals surface area (Å²) in [7, 11) is 2.21. The second-order valence-electron chi connectivity index (χ2n) is 15.0. The Morgan fingerprint density at radius 2 is 1.37 bits per heavy atom. The SMILES string of the molecule is CC(=O)N[C@H]1CSSC[C@@H](C(N)=O)NC(=O)[C@@H]2CCCN2C(=O)[C@@H]2CCCN2C(=O)CNC(=O)[C@H](CCC(N)=O)NC(=O)[C@@H]2CCCN2C(=O)[C@H](Cc2cnc[nH]2)NC1=O. The summed E-state index contributed by atoms with van der Waals surface area (Å²) in [4.78, 5) is 144. The van der Waals surface area contributed by atoms with Crippen LogP contribution in [-0.2, 0) is 54.4 Å². The third-order valence-corrected chi connectivity index (χ3v) is 13.2. The minimum absolute atomic E-state index is 0.0276. The van der Waals surface area contributed by atoms with Gasteiger partial charge in [0.15, 0.2) is 0 Å². The second-order valence-corrected chi connectivity index (χ2v) is 17.6. The number of rotatable bonds is 7. The van der Waals surface area contributed by atoms with Crippen molar-refractivity contribution in [1.82, 2.24) is 51.3 Å². The van der Waals surface area contributed by atoms with Crippen molar-refractivity contribution in [1.29, 1.82) is 0 Å². The minimum atomic E-state index is -1.34. The van der Waals surface area contributed by atoms with Gasteiger partial charge in [-0.05, 0) is 44.9 Å².